The first-order valence-electron chi connectivity index (χ1n) is 6.56. The average Bonchev–Trinajstić information content (AvgIpc) is 2.54. The van der Waals surface area contributed by atoms with Gasteiger partial charge in [-0.25, -0.2) is 9.18 Å². The molecule has 0 saturated carbocycles. The van der Waals surface area contributed by atoms with Gasteiger partial charge < -0.3 is 14.8 Å². The molecule has 0 spiro atoms. The van der Waals surface area contributed by atoms with Crippen molar-refractivity contribution in [2.75, 3.05) is 19.0 Å². The molecule has 0 atom stereocenters. The van der Waals surface area contributed by atoms with Crippen LogP contribution in [0.25, 0.3) is 0 Å². The van der Waals surface area contributed by atoms with E-state index >= 15 is 0 Å². The van der Waals surface area contributed by atoms with Gasteiger partial charge in [-0.15, -0.1) is 0 Å². The minimum atomic E-state index is -0.669. The number of anilines is 1. The number of para-hydroxylation sites is 1. The first-order valence-corrected chi connectivity index (χ1v) is 7.35. The molecule has 120 valence electrons. The molecule has 0 unspecified atom stereocenters. The van der Waals surface area contributed by atoms with E-state index in [4.69, 9.17) is 9.47 Å². The monoisotopic (exact) mass is 381 g/mol. The van der Waals surface area contributed by atoms with Crippen molar-refractivity contribution in [2.24, 2.45) is 0 Å². The van der Waals surface area contributed by atoms with E-state index in [1.54, 1.807) is 12.1 Å². The minimum Gasteiger partial charge on any atom is -0.496 e. The largest absolute Gasteiger partial charge is 0.496 e. The van der Waals surface area contributed by atoms with Crippen LogP contribution in [0.2, 0.25) is 0 Å². The maximum Gasteiger partial charge on any atom is 0.338 e. The Kier molecular flexibility index (Phi) is 5.70. The van der Waals surface area contributed by atoms with Crippen molar-refractivity contribution >= 4 is 33.5 Å². The van der Waals surface area contributed by atoms with Gasteiger partial charge in [0.15, 0.2) is 6.61 Å². The third-order valence-electron chi connectivity index (χ3n) is 2.87. The Labute approximate surface area is 140 Å². The number of amides is 1. The molecule has 2 aromatic carbocycles. The van der Waals surface area contributed by atoms with Gasteiger partial charge in [0.25, 0.3) is 5.91 Å². The van der Waals surface area contributed by atoms with Crippen LogP contribution in [0.3, 0.4) is 0 Å². The van der Waals surface area contributed by atoms with Crippen molar-refractivity contribution in [3.05, 3.63) is 58.3 Å². The summed E-state index contributed by atoms with van der Waals surface area (Å²) in [6.07, 6.45) is 0. The summed E-state index contributed by atoms with van der Waals surface area (Å²) in [5, 5.41) is 2.33. The third kappa shape index (κ3) is 4.53. The first kappa shape index (κ1) is 17.0. The normalized spacial score (nSPS) is 10.0. The van der Waals surface area contributed by atoms with Gasteiger partial charge in [-0.2, -0.15) is 0 Å². The summed E-state index contributed by atoms with van der Waals surface area (Å²) in [5.74, 6) is -1.29. The fourth-order valence-electron chi connectivity index (χ4n) is 1.76. The average molecular weight is 382 g/mol. The van der Waals surface area contributed by atoms with Gasteiger partial charge >= 0.3 is 5.97 Å². The molecule has 23 heavy (non-hydrogen) atoms. The number of rotatable bonds is 5. The highest BCUT2D eigenvalue weighted by Gasteiger charge is 2.13. The molecule has 1 amide bonds. The Morgan fingerprint density at radius 2 is 1.96 bits per heavy atom. The zero-order valence-electron chi connectivity index (χ0n) is 12.1. The lowest BCUT2D eigenvalue weighted by molar-refractivity contribution is -0.119. The third-order valence-corrected chi connectivity index (χ3v) is 3.49. The summed E-state index contributed by atoms with van der Waals surface area (Å²) in [6.45, 7) is -0.517. The number of nitrogens with one attached hydrogen (secondary N) is 1. The van der Waals surface area contributed by atoms with Crippen LogP contribution in [0.15, 0.2) is 46.9 Å². The SMILES string of the molecule is COc1ccc(C(=O)OCC(=O)Nc2ccccc2F)cc1Br. The highest BCUT2D eigenvalue weighted by Crippen LogP contribution is 2.25. The Morgan fingerprint density at radius 1 is 1.22 bits per heavy atom. The molecular weight excluding hydrogens is 369 g/mol. The van der Waals surface area contributed by atoms with E-state index in [0.717, 1.165) is 0 Å². The molecule has 0 bridgehead atoms. The zero-order valence-corrected chi connectivity index (χ0v) is 13.7. The van der Waals surface area contributed by atoms with Crippen LogP contribution in [0, 0.1) is 5.82 Å². The van der Waals surface area contributed by atoms with Crippen LogP contribution < -0.4 is 10.1 Å². The molecular formula is C16H13BrFNO4. The molecule has 0 radical (unpaired) electrons. The number of halogens is 2. The molecule has 2 rings (SSSR count). The van der Waals surface area contributed by atoms with Crippen molar-refractivity contribution in [2.45, 2.75) is 0 Å². The lowest BCUT2D eigenvalue weighted by atomic mass is 10.2. The van der Waals surface area contributed by atoms with Gasteiger partial charge in [0.05, 0.1) is 22.8 Å². The lowest BCUT2D eigenvalue weighted by Gasteiger charge is -2.08. The van der Waals surface area contributed by atoms with Crippen LogP contribution in [-0.4, -0.2) is 25.6 Å². The maximum atomic E-state index is 13.4. The smallest absolute Gasteiger partial charge is 0.338 e. The van der Waals surface area contributed by atoms with E-state index in [2.05, 4.69) is 21.2 Å². The predicted molar refractivity (Wildman–Crippen MR) is 86.0 cm³/mol. The van der Waals surface area contributed by atoms with Crippen LogP contribution in [0.1, 0.15) is 10.4 Å². The lowest BCUT2D eigenvalue weighted by Crippen LogP contribution is -2.21. The van der Waals surface area contributed by atoms with Gasteiger partial charge in [-0.1, -0.05) is 12.1 Å². The van der Waals surface area contributed by atoms with E-state index in [9.17, 15) is 14.0 Å². The van der Waals surface area contributed by atoms with Crippen LogP contribution in [0.5, 0.6) is 5.75 Å². The number of carbonyl (C=O) groups excluding carboxylic acids is 2. The number of methoxy groups -OCH3 is 1. The molecule has 1 N–H and O–H groups in total. The van der Waals surface area contributed by atoms with Crippen LogP contribution in [-0.2, 0) is 9.53 Å². The first-order chi connectivity index (χ1) is 11.0. The predicted octanol–water partition coefficient (Wildman–Crippen LogP) is 3.39. The Balaban J connectivity index is 1.92. The van der Waals surface area contributed by atoms with Crippen molar-refractivity contribution < 1.29 is 23.5 Å². The molecule has 2 aromatic rings. The second-order valence-electron chi connectivity index (χ2n) is 4.45. The van der Waals surface area contributed by atoms with E-state index in [-0.39, 0.29) is 11.3 Å². The zero-order chi connectivity index (χ0) is 16.8. The van der Waals surface area contributed by atoms with Gasteiger partial charge in [-0.3, -0.25) is 4.79 Å². The quantitative estimate of drug-likeness (QED) is 0.806. The second kappa shape index (κ2) is 7.73. The number of benzene rings is 2. The van der Waals surface area contributed by atoms with Gasteiger partial charge in [-0.05, 0) is 46.3 Å². The summed E-state index contributed by atoms with van der Waals surface area (Å²) in [6, 6.07) is 10.4. The molecule has 7 heteroatoms. The van der Waals surface area contributed by atoms with Crippen molar-refractivity contribution in [1.29, 1.82) is 0 Å². The maximum absolute atomic E-state index is 13.4. The molecule has 0 fully saturated rings. The van der Waals surface area contributed by atoms with E-state index < -0.39 is 24.3 Å². The highest BCUT2D eigenvalue weighted by molar-refractivity contribution is 9.10. The summed E-state index contributed by atoms with van der Waals surface area (Å²) in [7, 11) is 1.51. The van der Waals surface area contributed by atoms with Crippen LogP contribution >= 0.6 is 15.9 Å². The number of esters is 1. The summed E-state index contributed by atoms with van der Waals surface area (Å²) >= 11 is 3.25. The molecule has 0 aromatic heterocycles. The molecule has 0 heterocycles. The minimum absolute atomic E-state index is 0.0285. The topological polar surface area (TPSA) is 64.6 Å². The summed E-state index contributed by atoms with van der Waals surface area (Å²) in [5.41, 5.74) is 0.289. The standard InChI is InChI=1S/C16H13BrFNO4/c1-22-14-7-6-10(8-11(14)17)16(21)23-9-15(20)19-13-5-3-2-4-12(13)18/h2-8H,9H2,1H3,(H,19,20). The number of hydrogen-bond acceptors (Lipinski definition) is 4. The second-order valence-corrected chi connectivity index (χ2v) is 5.31. The van der Waals surface area contributed by atoms with Crippen molar-refractivity contribution in [3.63, 3.8) is 0 Å². The van der Waals surface area contributed by atoms with E-state index in [1.165, 1.54) is 37.4 Å². The van der Waals surface area contributed by atoms with Gasteiger partial charge in [0, 0.05) is 0 Å². The van der Waals surface area contributed by atoms with Crippen LogP contribution in [0.4, 0.5) is 10.1 Å². The van der Waals surface area contributed by atoms with Gasteiger partial charge in [0.1, 0.15) is 11.6 Å². The Bertz CT molecular complexity index is 736. The summed E-state index contributed by atoms with van der Waals surface area (Å²) in [4.78, 5) is 23.6. The Hall–Kier alpha value is -2.41. The molecule has 0 aliphatic rings. The summed E-state index contributed by atoms with van der Waals surface area (Å²) < 4.78 is 23.9. The number of hydrogen-bond donors (Lipinski definition) is 1. The molecule has 5 nitrogen and oxygen atoms in total. The van der Waals surface area contributed by atoms with E-state index in [1.807, 2.05) is 0 Å². The highest BCUT2D eigenvalue weighted by atomic mass is 79.9. The number of carbonyl (C=O) groups is 2. The van der Waals surface area contributed by atoms with Gasteiger partial charge in [0.2, 0.25) is 0 Å². The number of ether oxygens (including phenoxy) is 2. The van der Waals surface area contributed by atoms with E-state index in [0.29, 0.717) is 10.2 Å². The van der Waals surface area contributed by atoms with Crippen molar-refractivity contribution in [1.82, 2.24) is 0 Å². The molecule has 0 saturated heterocycles. The fraction of sp³-hybridized carbons (Fsp3) is 0.125. The van der Waals surface area contributed by atoms with Crippen molar-refractivity contribution in [3.8, 4) is 5.75 Å². The fourth-order valence-corrected chi connectivity index (χ4v) is 2.30. The molecule has 0 aliphatic carbocycles. The Morgan fingerprint density at radius 3 is 2.61 bits per heavy atom. The molecule has 0 aliphatic heterocycles.